The van der Waals surface area contributed by atoms with Gasteiger partial charge in [-0.25, -0.2) is 4.98 Å². The number of H-pyrrole nitrogens is 1. The number of hydrogen-bond donors (Lipinski definition) is 2. The van der Waals surface area contributed by atoms with E-state index in [9.17, 15) is 9.59 Å². The molecule has 1 amide bonds. The lowest BCUT2D eigenvalue weighted by Gasteiger charge is -2.40. The lowest BCUT2D eigenvalue weighted by molar-refractivity contribution is -0.133. The average Bonchev–Trinajstić information content (AvgIpc) is 3.22. The molecule has 1 aromatic rings. The first-order valence-corrected chi connectivity index (χ1v) is 9.49. The van der Waals surface area contributed by atoms with Gasteiger partial charge in [0.05, 0.1) is 5.69 Å². The van der Waals surface area contributed by atoms with Crippen LogP contribution in [0.1, 0.15) is 55.1 Å². The fourth-order valence-corrected chi connectivity index (χ4v) is 4.69. The van der Waals surface area contributed by atoms with E-state index in [2.05, 4.69) is 10.3 Å². The number of piperidine rings is 1. The van der Waals surface area contributed by atoms with E-state index in [0.29, 0.717) is 5.92 Å². The van der Waals surface area contributed by atoms with Crippen LogP contribution in [0, 0.1) is 0 Å². The maximum Gasteiger partial charge on any atom is 0.254 e. The largest absolute Gasteiger partial charge is 0.341 e. The van der Waals surface area contributed by atoms with Crippen LogP contribution in [-0.2, 0) is 16.6 Å². The highest BCUT2D eigenvalue weighted by Gasteiger charge is 2.45. The van der Waals surface area contributed by atoms with Crippen molar-refractivity contribution >= 4 is 5.91 Å². The molecule has 1 unspecified atom stereocenters. The Labute approximate surface area is 146 Å². The highest BCUT2D eigenvalue weighted by molar-refractivity contribution is 5.84. The molecule has 1 aromatic heterocycles. The molecule has 6 nitrogen and oxygen atoms in total. The molecule has 5 rings (SSSR count). The molecule has 1 saturated heterocycles. The van der Waals surface area contributed by atoms with Gasteiger partial charge in [0.15, 0.2) is 0 Å². The minimum atomic E-state index is -0.160. The summed E-state index contributed by atoms with van der Waals surface area (Å²) < 4.78 is 0. The first-order chi connectivity index (χ1) is 12.2. The monoisotopic (exact) mass is 340 g/mol. The molecule has 1 saturated carbocycles. The first kappa shape index (κ1) is 15.3. The third-order valence-corrected chi connectivity index (χ3v) is 6.44. The van der Waals surface area contributed by atoms with E-state index in [-0.39, 0.29) is 22.9 Å². The standard InChI is InChI=1S/C19H24N4O2/c24-17-13-5-6-19(15(13)21-16(22-17)12-3-4-12)7-10-23(11-8-19)18(25)14-2-1-9-20-14/h1-2,12,14,20H,3-11H2,(H,21,22,24). The summed E-state index contributed by atoms with van der Waals surface area (Å²) >= 11 is 0. The van der Waals surface area contributed by atoms with Crippen molar-refractivity contribution in [3.8, 4) is 0 Å². The molecule has 6 heteroatoms. The van der Waals surface area contributed by atoms with Crippen molar-refractivity contribution in [2.45, 2.75) is 55.9 Å². The summed E-state index contributed by atoms with van der Waals surface area (Å²) in [6, 6.07) is -0.160. The Morgan fingerprint density at radius 3 is 2.72 bits per heavy atom. The predicted octanol–water partition coefficient (Wildman–Crippen LogP) is 0.982. The van der Waals surface area contributed by atoms with Crippen molar-refractivity contribution in [1.29, 1.82) is 0 Å². The van der Waals surface area contributed by atoms with Crippen LogP contribution >= 0.6 is 0 Å². The number of likely N-dealkylation sites (tertiary alicyclic amines) is 1. The second-order valence-electron chi connectivity index (χ2n) is 7.97. The van der Waals surface area contributed by atoms with Crippen molar-refractivity contribution in [2.75, 3.05) is 19.6 Å². The number of rotatable bonds is 2. The number of aromatic amines is 1. The van der Waals surface area contributed by atoms with Crippen molar-refractivity contribution in [3.63, 3.8) is 0 Å². The Kier molecular flexibility index (Phi) is 3.39. The first-order valence-electron chi connectivity index (χ1n) is 9.49. The number of hydrogen-bond acceptors (Lipinski definition) is 4. The van der Waals surface area contributed by atoms with Crippen molar-refractivity contribution in [2.24, 2.45) is 0 Å². The second-order valence-corrected chi connectivity index (χ2v) is 7.97. The van der Waals surface area contributed by atoms with E-state index >= 15 is 0 Å². The van der Waals surface area contributed by atoms with Gasteiger partial charge in [-0.1, -0.05) is 12.2 Å². The van der Waals surface area contributed by atoms with Crippen LogP contribution in [0.15, 0.2) is 16.9 Å². The fourth-order valence-electron chi connectivity index (χ4n) is 4.69. The number of nitrogens with zero attached hydrogens (tertiary/aromatic N) is 2. The summed E-state index contributed by atoms with van der Waals surface area (Å²) in [5, 5.41) is 3.20. The zero-order chi connectivity index (χ0) is 17.0. The van der Waals surface area contributed by atoms with Gasteiger partial charge < -0.3 is 9.88 Å². The lowest BCUT2D eigenvalue weighted by Crippen LogP contribution is -2.50. The van der Waals surface area contributed by atoms with Crippen LogP contribution < -0.4 is 10.9 Å². The van der Waals surface area contributed by atoms with E-state index in [1.165, 1.54) is 0 Å². The number of carbonyl (C=O) groups is 1. The summed E-state index contributed by atoms with van der Waals surface area (Å²) in [4.78, 5) is 35.0. The van der Waals surface area contributed by atoms with Crippen LogP contribution in [0.25, 0.3) is 0 Å². The molecule has 2 fully saturated rings. The van der Waals surface area contributed by atoms with Gasteiger partial charge in [0.2, 0.25) is 5.91 Å². The van der Waals surface area contributed by atoms with Gasteiger partial charge in [0, 0.05) is 36.5 Å². The molecule has 3 heterocycles. The molecule has 4 aliphatic rings. The molecule has 1 atom stereocenters. The molecular weight excluding hydrogens is 316 g/mol. The summed E-state index contributed by atoms with van der Waals surface area (Å²) in [7, 11) is 0. The Morgan fingerprint density at radius 1 is 1.24 bits per heavy atom. The minimum Gasteiger partial charge on any atom is -0.341 e. The molecule has 2 aliphatic heterocycles. The number of aromatic nitrogens is 2. The highest BCUT2D eigenvalue weighted by Crippen LogP contribution is 2.46. The highest BCUT2D eigenvalue weighted by atomic mass is 16.2. The fraction of sp³-hybridized carbons (Fsp3) is 0.632. The summed E-state index contributed by atoms with van der Waals surface area (Å²) in [6.45, 7) is 2.30. The van der Waals surface area contributed by atoms with Gasteiger partial charge in [-0.05, 0) is 38.5 Å². The third-order valence-electron chi connectivity index (χ3n) is 6.44. The normalized spacial score (nSPS) is 27.0. The van der Waals surface area contributed by atoms with Gasteiger partial charge in [-0.2, -0.15) is 0 Å². The van der Waals surface area contributed by atoms with Crippen molar-refractivity contribution in [1.82, 2.24) is 20.2 Å². The van der Waals surface area contributed by atoms with Crippen LogP contribution in [0.5, 0.6) is 0 Å². The van der Waals surface area contributed by atoms with E-state index in [1.54, 1.807) is 0 Å². The van der Waals surface area contributed by atoms with E-state index in [1.807, 2.05) is 17.1 Å². The maximum atomic E-state index is 12.6. The summed E-state index contributed by atoms with van der Waals surface area (Å²) in [6.07, 6.45) is 9.90. The van der Waals surface area contributed by atoms with Gasteiger partial charge in [0.25, 0.3) is 5.56 Å². The Hall–Kier alpha value is -1.95. The van der Waals surface area contributed by atoms with Gasteiger partial charge >= 0.3 is 0 Å². The summed E-state index contributed by atoms with van der Waals surface area (Å²) in [5.41, 5.74) is 2.01. The zero-order valence-corrected chi connectivity index (χ0v) is 14.4. The van der Waals surface area contributed by atoms with E-state index in [0.717, 1.165) is 75.2 Å². The molecule has 132 valence electrons. The predicted molar refractivity (Wildman–Crippen MR) is 93.6 cm³/mol. The van der Waals surface area contributed by atoms with E-state index in [4.69, 9.17) is 4.98 Å². The number of fused-ring (bicyclic) bond motifs is 2. The lowest BCUT2D eigenvalue weighted by atomic mass is 9.76. The van der Waals surface area contributed by atoms with Crippen LogP contribution in [-0.4, -0.2) is 46.5 Å². The van der Waals surface area contributed by atoms with Gasteiger partial charge in [0.1, 0.15) is 11.9 Å². The number of amides is 1. The zero-order valence-electron chi connectivity index (χ0n) is 14.4. The molecule has 1 spiro atoms. The molecule has 0 bridgehead atoms. The van der Waals surface area contributed by atoms with Crippen LogP contribution in [0.2, 0.25) is 0 Å². The Morgan fingerprint density at radius 2 is 2.04 bits per heavy atom. The van der Waals surface area contributed by atoms with Crippen molar-refractivity contribution in [3.05, 3.63) is 39.6 Å². The quantitative estimate of drug-likeness (QED) is 0.787. The summed E-state index contributed by atoms with van der Waals surface area (Å²) in [5.74, 6) is 1.53. The smallest absolute Gasteiger partial charge is 0.254 e. The molecule has 0 aromatic carbocycles. The molecule has 2 N–H and O–H groups in total. The minimum absolute atomic E-state index is 0.00293. The number of carbonyl (C=O) groups excluding carboxylic acids is 1. The molecule has 2 aliphatic carbocycles. The topological polar surface area (TPSA) is 78.1 Å². The van der Waals surface area contributed by atoms with Crippen molar-refractivity contribution < 1.29 is 4.79 Å². The molecule has 25 heavy (non-hydrogen) atoms. The van der Waals surface area contributed by atoms with Gasteiger partial charge in [-0.3, -0.25) is 14.9 Å². The Bertz CT molecular complexity index is 800. The average molecular weight is 340 g/mol. The van der Waals surface area contributed by atoms with Crippen LogP contribution in [0.4, 0.5) is 0 Å². The number of nitrogens with one attached hydrogen (secondary N) is 2. The maximum absolute atomic E-state index is 12.6. The van der Waals surface area contributed by atoms with Crippen LogP contribution in [0.3, 0.4) is 0 Å². The van der Waals surface area contributed by atoms with E-state index < -0.39 is 0 Å². The second kappa shape index (κ2) is 5.53. The molecular formula is C19H24N4O2. The third kappa shape index (κ3) is 2.46. The molecule has 0 radical (unpaired) electrons. The Balaban J connectivity index is 1.38. The SMILES string of the molecule is O=C(C1C=CCN1)N1CCC2(CCc3c2nc(C2CC2)[nH]c3=O)CC1. The van der Waals surface area contributed by atoms with Gasteiger partial charge in [-0.15, -0.1) is 0 Å².